The van der Waals surface area contributed by atoms with E-state index in [0.29, 0.717) is 23.0 Å². The Bertz CT molecular complexity index is 805. The normalized spacial score (nSPS) is 49.0. The predicted molar refractivity (Wildman–Crippen MR) is 116 cm³/mol. The predicted octanol–water partition coefficient (Wildman–Crippen LogP) is 4.82. The first-order valence-electron chi connectivity index (χ1n) is 12.3. The number of hydrogen-bond acceptors (Lipinski definition) is 4. The molecule has 1 aromatic heterocycles. The number of hydrogen-bond donors (Lipinski definition) is 1. The van der Waals surface area contributed by atoms with Gasteiger partial charge in [-0.3, -0.25) is 4.79 Å². The monoisotopic (exact) mass is 413 g/mol. The molecule has 4 fully saturated rings. The van der Waals surface area contributed by atoms with E-state index in [1.54, 1.807) is 17.2 Å². The van der Waals surface area contributed by atoms with Crippen LogP contribution in [0.25, 0.3) is 0 Å². The molecule has 30 heavy (non-hydrogen) atoms. The van der Waals surface area contributed by atoms with E-state index in [1.807, 2.05) is 13.8 Å². The molecule has 1 N–H and O–H groups in total. The molecule has 4 aliphatic rings. The van der Waals surface area contributed by atoms with Crippen molar-refractivity contribution in [3.63, 3.8) is 0 Å². The molecule has 5 heteroatoms. The summed E-state index contributed by atoms with van der Waals surface area (Å²) < 4.78 is 0. The Morgan fingerprint density at radius 2 is 1.67 bits per heavy atom. The van der Waals surface area contributed by atoms with Gasteiger partial charge in [0.2, 0.25) is 0 Å². The molecule has 4 saturated carbocycles. The SMILES string of the molecule is CC(C(=O)[C@H]1CC[C@H]2[C@@H]3CC[C@@H]4C[C@](C)(O)CC[C@]4(C)[C@H]3CC[C@]12C)n1nccn1. The lowest BCUT2D eigenvalue weighted by Crippen LogP contribution is -2.55. The van der Waals surface area contributed by atoms with Crippen LogP contribution < -0.4 is 0 Å². The third kappa shape index (κ3) is 2.94. The highest BCUT2D eigenvalue weighted by Crippen LogP contribution is 2.68. The zero-order valence-corrected chi connectivity index (χ0v) is 19.2. The van der Waals surface area contributed by atoms with Gasteiger partial charge in [-0.05, 0) is 106 Å². The van der Waals surface area contributed by atoms with Crippen molar-refractivity contribution in [2.24, 2.45) is 40.4 Å². The Labute approximate surface area is 181 Å². The Morgan fingerprint density at radius 3 is 2.40 bits per heavy atom. The minimum atomic E-state index is -0.470. The Morgan fingerprint density at radius 1 is 0.967 bits per heavy atom. The number of aromatic nitrogens is 3. The molecule has 1 heterocycles. The molecule has 5 rings (SSSR count). The maximum Gasteiger partial charge on any atom is 0.162 e. The second-order valence-corrected chi connectivity index (χ2v) is 12.0. The van der Waals surface area contributed by atoms with Crippen LogP contribution in [0.15, 0.2) is 12.4 Å². The summed E-state index contributed by atoms with van der Waals surface area (Å²) in [5, 5.41) is 19.2. The average Bonchev–Trinajstić information content (AvgIpc) is 3.35. The molecule has 0 spiro atoms. The van der Waals surface area contributed by atoms with Crippen LogP contribution in [0.5, 0.6) is 0 Å². The third-order valence-electron chi connectivity index (χ3n) is 10.5. The second-order valence-electron chi connectivity index (χ2n) is 12.0. The van der Waals surface area contributed by atoms with Gasteiger partial charge in [-0.1, -0.05) is 13.8 Å². The lowest BCUT2D eigenvalue weighted by molar-refractivity contribution is -0.151. The summed E-state index contributed by atoms with van der Waals surface area (Å²) in [7, 11) is 0. The van der Waals surface area contributed by atoms with Crippen molar-refractivity contribution in [2.45, 2.75) is 97.1 Å². The summed E-state index contributed by atoms with van der Waals surface area (Å²) in [6.45, 7) is 8.96. The van der Waals surface area contributed by atoms with Crippen molar-refractivity contribution < 1.29 is 9.90 Å². The van der Waals surface area contributed by atoms with Crippen LogP contribution in [0.3, 0.4) is 0 Å². The van der Waals surface area contributed by atoms with Crippen molar-refractivity contribution >= 4 is 5.78 Å². The van der Waals surface area contributed by atoms with Crippen molar-refractivity contribution in [1.82, 2.24) is 15.0 Å². The molecule has 0 saturated heterocycles. The molecular weight excluding hydrogens is 374 g/mol. The van der Waals surface area contributed by atoms with Crippen molar-refractivity contribution in [3.05, 3.63) is 12.4 Å². The van der Waals surface area contributed by atoms with Crippen LogP contribution in [0.4, 0.5) is 0 Å². The largest absolute Gasteiger partial charge is 0.390 e. The lowest BCUT2D eigenvalue weighted by atomic mass is 9.44. The standard InChI is InChI=1S/C25H39N3O2/c1-16(28-26-13-14-27-28)22(29)21-8-7-19-18-6-5-17-15-23(2,30)11-12-24(17,3)20(18)9-10-25(19,21)4/h13-14,16-21,30H,5-12,15H2,1-4H3/t16?,17-,18+,19+,20+,21-,23-,24+,25+/m1/s1. The lowest BCUT2D eigenvalue weighted by Gasteiger charge is -2.61. The van der Waals surface area contributed by atoms with E-state index in [4.69, 9.17) is 0 Å². The van der Waals surface area contributed by atoms with E-state index >= 15 is 0 Å². The summed E-state index contributed by atoms with van der Waals surface area (Å²) in [5.41, 5.74) is 0.0333. The smallest absolute Gasteiger partial charge is 0.162 e. The van der Waals surface area contributed by atoms with Gasteiger partial charge in [0.1, 0.15) is 6.04 Å². The zero-order chi connectivity index (χ0) is 21.3. The Hall–Kier alpha value is -1.23. The summed E-state index contributed by atoms with van der Waals surface area (Å²) in [4.78, 5) is 15.1. The first-order chi connectivity index (χ1) is 14.2. The zero-order valence-electron chi connectivity index (χ0n) is 19.2. The van der Waals surface area contributed by atoms with Crippen LogP contribution >= 0.6 is 0 Å². The van der Waals surface area contributed by atoms with Gasteiger partial charge in [-0.2, -0.15) is 15.0 Å². The van der Waals surface area contributed by atoms with Crippen molar-refractivity contribution in [1.29, 1.82) is 0 Å². The van der Waals surface area contributed by atoms with Gasteiger partial charge in [0.05, 0.1) is 18.0 Å². The van der Waals surface area contributed by atoms with E-state index in [0.717, 1.165) is 31.1 Å². The number of aliphatic hydroxyl groups is 1. The van der Waals surface area contributed by atoms with Crippen LogP contribution in [0.1, 0.15) is 91.5 Å². The molecule has 1 unspecified atom stereocenters. The van der Waals surface area contributed by atoms with Gasteiger partial charge in [0.25, 0.3) is 0 Å². The van der Waals surface area contributed by atoms with E-state index in [2.05, 4.69) is 24.0 Å². The third-order valence-corrected chi connectivity index (χ3v) is 10.5. The molecule has 1 aromatic rings. The fourth-order valence-electron chi connectivity index (χ4n) is 8.73. The molecule has 0 aliphatic heterocycles. The van der Waals surface area contributed by atoms with Crippen LogP contribution in [-0.4, -0.2) is 31.5 Å². The van der Waals surface area contributed by atoms with E-state index < -0.39 is 5.60 Å². The highest BCUT2D eigenvalue weighted by Gasteiger charge is 2.62. The second kappa shape index (κ2) is 6.88. The number of nitrogens with zero attached hydrogens (tertiary/aromatic N) is 3. The number of Topliss-reactive ketones (excluding diaryl/α,β-unsaturated/α-hetero) is 1. The first-order valence-corrected chi connectivity index (χ1v) is 12.3. The number of carbonyl (C=O) groups is 1. The molecule has 4 aliphatic carbocycles. The summed E-state index contributed by atoms with van der Waals surface area (Å²) >= 11 is 0. The molecule has 0 radical (unpaired) electrons. The summed E-state index contributed by atoms with van der Waals surface area (Å²) in [5.74, 6) is 3.33. The molecule has 0 aromatic carbocycles. The molecular formula is C25H39N3O2. The molecule has 166 valence electrons. The molecule has 9 atom stereocenters. The highest BCUT2D eigenvalue weighted by molar-refractivity contribution is 5.85. The van der Waals surface area contributed by atoms with Gasteiger partial charge >= 0.3 is 0 Å². The van der Waals surface area contributed by atoms with Gasteiger partial charge < -0.3 is 5.11 Å². The molecule has 0 bridgehead atoms. The van der Waals surface area contributed by atoms with E-state index in [-0.39, 0.29) is 17.4 Å². The van der Waals surface area contributed by atoms with E-state index in [9.17, 15) is 9.90 Å². The first kappa shape index (κ1) is 20.7. The Balaban J connectivity index is 1.37. The van der Waals surface area contributed by atoms with E-state index in [1.165, 1.54) is 38.5 Å². The summed E-state index contributed by atoms with van der Waals surface area (Å²) in [6.07, 6.45) is 13.6. The van der Waals surface area contributed by atoms with Gasteiger partial charge in [0, 0.05) is 5.92 Å². The number of rotatable bonds is 3. The quantitative estimate of drug-likeness (QED) is 0.771. The topological polar surface area (TPSA) is 68.0 Å². The minimum absolute atomic E-state index is 0.128. The fourth-order valence-corrected chi connectivity index (χ4v) is 8.73. The highest BCUT2D eigenvalue weighted by atomic mass is 16.3. The van der Waals surface area contributed by atoms with Gasteiger partial charge in [-0.15, -0.1) is 0 Å². The van der Waals surface area contributed by atoms with Crippen LogP contribution in [0.2, 0.25) is 0 Å². The van der Waals surface area contributed by atoms with Gasteiger partial charge in [0.15, 0.2) is 5.78 Å². The minimum Gasteiger partial charge on any atom is -0.390 e. The number of fused-ring (bicyclic) bond motifs is 5. The fraction of sp³-hybridized carbons (Fsp3) is 0.880. The van der Waals surface area contributed by atoms with Crippen molar-refractivity contribution in [3.8, 4) is 0 Å². The molecule has 0 amide bonds. The number of carbonyl (C=O) groups excluding carboxylic acids is 1. The van der Waals surface area contributed by atoms with Gasteiger partial charge in [-0.25, -0.2) is 0 Å². The Kier molecular flexibility index (Phi) is 4.74. The summed E-state index contributed by atoms with van der Waals surface area (Å²) in [6, 6.07) is -0.271. The number of ketones is 1. The maximum absolute atomic E-state index is 13.5. The molecule has 5 nitrogen and oxygen atoms in total. The van der Waals surface area contributed by atoms with Crippen molar-refractivity contribution in [2.75, 3.05) is 0 Å². The van der Waals surface area contributed by atoms with Crippen LogP contribution in [0, 0.1) is 40.4 Å². The van der Waals surface area contributed by atoms with Crippen LogP contribution in [-0.2, 0) is 4.79 Å². The average molecular weight is 414 g/mol. The maximum atomic E-state index is 13.5.